The zero-order valence-corrected chi connectivity index (χ0v) is 15.4. The summed E-state index contributed by atoms with van der Waals surface area (Å²) in [6.07, 6.45) is 9.42. The van der Waals surface area contributed by atoms with Crippen LogP contribution in [0.15, 0.2) is 0 Å². The maximum absolute atomic E-state index is 12.2. The second kappa shape index (κ2) is 8.83. The van der Waals surface area contributed by atoms with Crippen LogP contribution in [-0.2, 0) is 19.6 Å². The van der Waals surface area contributed by atoms with Crippen molar-refractivity contribution in [3.63, 3.8) is 0 Å². The predicted molar refractivity (Wildman–Crippen MR) is 92.7 cm³/mol. The number of amides is 2. The molecule has 0 saturated heterocycles. The molecule has 0 aromatic carbocycles. The Bertz CT molecular complexity index is 533. The van der Waals surface area contributed by atoms with Crippen LogP contribution in [-0.4, -0.2) is 32.0 Å². The van der Waals surface area contributed by atoms with Crippen molar-refractivity contribution in [2.24, 2.45) is 11.8 Å². The van der Waals surface area contributed by atoms with Crippen LogP contribution in [0.1, 0.15) is 71.1 Å². The molecule has 2 amide bonds. The number of carbonyl (C=O) groups is 2. The highest BCUT2D eigenvalue weighted by Gasteiger charge is 2.29. The molecule has 0 unspecified atom stereocenters. The summed E-state index contributed by atoms with van der Waals surface area (Å²) in [4.78, 5) is 24.1. The van der Waals surface area contributed by atoms with Gasteiger partial charge in [0.25, 0.3) is 0 Å². The fourth-order valence-corrected chi connectivity index (χ4v) is 4.37. The van der Waals surface area contributed by atoms with Crippen LogP contribution in [0.2, 0.25) is 0 Å². The van der Waals surface area contributed by atoms with Crippen molar-refractivity contribution in [1.29, 1.82) is 0 Å². The average Bonchev–Trinajstić information content (AvgIpc) is 2.56. The lowest BCUT2D eigenvalue weighted by Gasteiger charge is -2.29. The van der Waals surface area contributed by atoms with E-state index in [2.05, 4.69) is 10.0 Å². The van der Waals surface area contributed by atoms with Crippen LogP contribution in [0.3, 0.4) is 0 Å². The molecule has 0 aromatic rings. The summed E-state index contributed by atoms with van der Waals surface area (Å²) in [6.45, 7) is 1.51. The van der Waals surface area contributed by atoms with Crippen LogP contribution >= 0.6 is 0 Å². The summed E-state index contributed by atoms with van der Waals surface area (Å²) >= 11 is 0. The highest BCUT2D eigenvalue weighted by atomic mass is 32.2. The Morgan fingerprint density at radius 3 is 2.17 bits per heavy atom. The largest absolute Gasteiger partial charge is 0.353 e. The van der Waals surface area contributed by atoms with Crippen LogP contribution in [0.25, 0.3) is 0 Å². The van der Waals surface area contributed by atoms with E-state index in [4.69, 9.17) is 0 Å². The minimum absolute atomic E-state index is 0.0920. The van der Waals surface area contributed by atoms with Gasteiger partial charge in [-0.05, 0) is 51.4 Å². The molecule has 138 valence electrons. The van der Waals surface area contributed by atoms with Crippen molar-refractivity contribution < 1.29 is 18.0 Å². The first kappa shape index (κ1) is 19.2. The normalized spacial score (nSPS) is 25.9. The van der Waals surface area contributed by atoms with Gasteiger partial charge in [0.1, 0.15) is 0 Å². The van der Waals surface area contributed by atoms with E-state index in [0.29, 0.717) is 25.2 Å². The van der Waals surface area contributed by atoms with E-state index in [0.717, 1.165) is 25.7 Å². The van der Waals surface area contributed by atoms with Gasteiger partial charge in [-0.25, -0.2) is 8.42 Å². The van der Waals surface area contributed by atoms with Gasteiger partial charge < -0.3 is 5.32 Å². The minimum Gasteiger partial charge on any atom is -0.353 e. The Hall–Kier alpha value is -1.11. The monoisotopic (exact) mass is 358 g/mol. The zero-order valence-electron chi connectivity index (χ0n) is 14.6. The van der Waals surface area contributed by atoms with Gasteiger partial charge in [0, 0.05) is 18.4 Å². The SMILES string of the molecule is CCS(=O)(=O)NC(=O)C1CCC(NC(=O)CC2CCCCC2)CC1. The Morgan fingerprint density at radius 1 is 0.958 bits per heavy atom. The molecule has 2 N–H and O–H groups in total. The van der Waals surface area contributed by atoms with E-state index in [1.54, 1.807) is 0 Å². The fourth-order valence-electron chi connectivity index (χ4n) is 3.75. The third kappa shape index (κ3) is 6.07. The van der Waals surface area contributed by atoms with Crippen molar-refractivity contribution in [3.8, 4) is 0 Å². The molecule has 2 aliphatic carbocycles. The third-order valence-corrected chi connectivity index (χ3v) is 6.57. The topological polar surface area (TPSA) is 92.3 Å². The van der Waals surface area contributed by atoms with Crippen LogP contribution in [0.5, 0.6) is 0 Å². The lowest BCUT2D eigenvalue weighted by molar-refractivity contribution is -0.124. The number of hydrogen-bond acceptors (Lipinski definition) is 4. The van der Waals surface area contributed by atoms with Crippen LogP contribution in [0.4, 0.5) is 0 Å². The zero-order chi connectivity index (χ0) is 17.6. The summed E-state index contributed by atoms with van der Waals surface area (Å²) in [5, 5.41) is 3.10. The number of hydrogen-bond donors (Lipinski definition) is 2. The van der Waals surface area contributed by atoms with Crippen LogP contribution in [0, 0.1) is 11.8 Å². The van der Waals surface area contributed by atoms with E-state index in [1.165, 1.54) is 26.2 Å². The minimum atomic E-state index is -3.49. The maximum atomic E-state index is 12.2. The van der Waals surface area contributed by atoms with E-state index in [1.807, 2.05) is 0 Å². The van der Waals surface area contributed by atoms with Crippen molar-refractivity contribution in [2.75, 3.05) is 5.75 Å². The molecule has 0 atom stereocenters. The van der Waals surface area contributed by atoms with Gasteiger partial charge in [-0.15, -0.1) is 0 Å². The highest BCUT2D eigenvalue weighted by Crippen LogP contribution is 2.27. The number of carbonyl (C=O) groups excluding carboxylic acids is 2. The lowest BCUT2D eigenvalue weighted by Crippen LogP contribution is -2.42. The summed E-state index contributed by atoms with van der Waals surface area (Å²) in [5.74, 6) is -0.101. The molecule has 7 heteroatoms. The first-order valence-electron chi connectivity index (χ1n) is 9.23. The van der Waals surface area contributed by atoms with Gasteiger partial charge in [0.05, 0.1) is 5.75 Å². The summed E-state index contributed by atoms with van der Waals surface area (Å²) in [6, 6.07) is 0.118. The van der Waals surface area contributed by atoms with E-state index < -0.39 is 15.9 Å². The maximum Gasteiger partial charge on any atom is 0.236 e. The Balaban J connectivity index is 1.70. The van der Waals surface area contributed by atoms with Gasteiger partial charge in [0.2, 0.25) is 21.8 Å². The van der Waals surface area contributed by atoms with E-state index in [9.17, 15) is 18.0 Å². The van der Waals surface area contributed by atoms with E-state index >= 15 is 0 Å². The number of rotatable bonds is 6. The fraction of sp³-hybridized carbons (Fsp3) is 0.882. The van der Waals surface area contributed by atoms with Gasteiger partial charge >= 0.3 is 0 Å². The molecule has 2 fully saturated rings. The molecule has 0 heterocycles. The molecule has 24 heavy (non-hydrogen) atoms. The second-order valence-corrected chi connectivity index (χ2v) is 9.20. The molecule has 2 saturated carbocycles. The first-order valence-corrected chi connectivity index (χ1v) is 10.9. The average molecular weight is 359 g/mol. The smallest absolute Gasteiger partial charge is 0.236 e. The molecule has 0 aliphatic heterocycles. The molecular formula is C17H30N2O4S. The van der Waals surface area contributed by atoms with Crippen molar-refractivity contribution in [1.82, 2.24) is 10.0 Å². The summed E-state index contributed by atoms with van der Waals surface area (Å²) in [7, 11) is -3.49. The molecule has 0 radical (unpaired) electrons. The van der Waals surface area contributed by atoms with Crippen molar-refractivity contribution in [3.05, 3.63) is 0 Å². The molecule has 0 bridgehead atoms. The van der Waals surface area contributed by atoms with Gasteiger partial charge in [-0.1, -0.05) is 19.3 Å². The first-order chi connectivity index (χ1) is 11.4. The number of sulfonamides is 1. The third-order valence-electron chi connectivity index (χ3n) is 5.30. The lowest BCUT2D eigenvalue weighted by atomic mass is 9.84. The molecular weight excluding hydrogens is 328 g/mol. The quantitative estimate of drug-likeness (QED) is 0.760. The molecule has 2 rings (SSSR count). The molecule has 2 aliphatic rings. The van der Waals surface area contributed by atoms with Crippen molar-refractivity contribution >= 4 is 21.8 Å². The molecule has 0 aromatic heterocycles. The Morgan fingerprint density at radius 2 is 1.58 bits per heavy atom. The number of nitrogens with one attached hydrogen (secondary N) is 2. The van der Waals surface area contributed by atoms with Gasteiger partial charge in [0.15, 0.2) is 0 Å². The Kier molecular flexibility index (Phi) is 7.07. The van der Waals surface area contributed by atoms with Gasteiger partial charge in [-0.3, -0.25) is 14.3 Å². The molecule has 6 nitrogen and oxygen atoms in total. The molecule has 0 spiro atoms. The Labute approximate surface area is 145 Å². The highest BCUT2D eigenvalue weighted by molar-refractivity contribution is 7.90. The van der Waals surface area contributed by atoms with E-state index in [-0.39, 0.29) is 23.6 Å². The summed E-state index contributed by atoms with van der Waals surface area (Å²) in [5.41, 5.74) is 0. The van der Waals surface area contributed by atoms with Crippen molar-refractivity contribution in [2.45, 2.75) is 77.2 Å². The van der Waals surface area contributed by atoms with Gasteiger partial charge in [-0.2, -0.15) is 0 Å². The summed E-state index contributed by atoms with van der Waals surface area (Å²) < 4.78 is 25.1. The standard InChI is InChI=1S/C17H30N2O4S/c1-2-24(22,23)19-17(21)14-8-10-15(11-9-14)18-16(20)12-13-6-4-3-5-7-13/h13-15H,2-12H2,1H3,(H,18,20)(H,19,21). The second-order valence-electron chi connectivity index (χ2n) is 7.19. The van der Waals surface area contributed by atoms with Crippen LogP contribution < -0.4 is 10.0 Å². The predicted octanol–water partition coefficient (Wildman–Crippen LogP) is 2.10.